The van der Waals surface area contributed by atoms with Crippen LogP contribution in [0.25, 0.3) is 0 Å². The molecule has 0 heterocycles. The van der Waals surface area contributed by atoms with Crippen molar-refractivity contribution in [3.8, 4) is 0 Å². The molecule has 0 aromatic carbocycles. The summed E-state index contributed by atoms with van der Waals surface area (Å²) in [6.45, 7) is 13.2. The molecule has 0 aromatic heterocycles. The molecule has 1 fully saturated rings. The van der Waals surface area contributed by atoms with E-state index in [-0.39, 0.29) is 17.5 Å². The second-order valence-electron chi connectivity index (χ2n) is 9.00. The minimum Gasteiger partial charge on any atom is -0.435 e. The zero-order valence-corrected chi connectivity index (χ0v) is 19.5. The molecule has 0 radical (unpaired) electrons. The number of nitrogens with one attached hydrogen (secondary N) is 1. The second kappa shape index (κ2) is 13.1. The lowest BCUT2D eigenvalue weighted by molar-refractivity contribution is -0.207. The fourth-order valence-corrected chi connectivity index (χ4v) is 3.22. The topological polar surface area (TPSA) is 47.6 Å². The molecule has 0 aromatic rings. The van der Waals surface area contributed by atoms with E-state index in [4.69, 9.17) is 9.47 Å². The van der Waals surface area contributed by atoms with Crippen molar-refractivity contribution in [1.82, 2.24) is 5.32 Å². The minimum absolute atomic E-state index is 0.0555. The van der Waals surface area contributed by atoms with Gasteiger partial charge in [0, 0.05) is 13.0 Å². The zero-order valence-electron chi connectivity index (χ0n) is 18.3. The number of carbonyl (C=O) groups is 1. The summed E-state index contributed by atoms with van der Waals surface area (Å²) in [5, 5.41) is 3.09. The molecule has 0 saturated heterocycles. The SMILES string of the molecule is CCC.CNCC(C)(CP)C(=O)OC(CC(C)(C)C)OC1CCCCC1. The lowest BCUT2D eigenvalue weighted by Crippen LogP contribution is -2.43. The molecule has 3 unspecified atom stereocenters. The van der Waals surface area contributed by atoms with Gasteiger partial charge in [-0.15, -0.1) is 9.24 Å². The number of ether oxygens (including phenoxy) is 2. The number of hydrogen-bond donors (Lipinski definition) is 1. The van der Waals surface area contributed by atoms with Gasteiger partial charge in [0.2, 0.25) is 6.29 Å². The predicted molar refractivity (Wildman–Crippen MR) is 114 cm³/mol. The highest BCUT2D eigenvalue weighted by Gasteiger charge is 2.36. The smallest absolute Gasteiger partial charge is 0.315 e. The van der Waals surface area contributed by atoms with Crippen LogP contribution in [0.5, 0.6) is 0 Å². The quantitative estimate of drug-likeness (QED) is 0.354. The lowest BCUT2D eigenvalue weighted by Gasteiger charge is -2.34. The highest BCUT2D eigenvalue weighted by molar-refractivity contribution is 7.16. The Balaban J connectivity index is 0.00000194. The molecule has 1 aliphatic rings. The summed E-state index contributed by atoms with van der Waals surface area (Å²) in [6, 6.07) is 0. The fourth-order valence-electron chi connectivity index (χ4n) is 2.91. The average molecular weight is 390 g/mol. The van der Waals surface area contributed by atoms with Gasteiger partial charge in [0.1, 0.15) is 0 Å². The Labute approximate surface area is 164 Å². The first kappa shape index (κ1) is 25.8. The van der Waals surface area contributed by atoms with Gasteiger partial charge in [0.15, 0.2) is 0 Å². The Morgan fingerprint density at radius 1 is 1.15 bits per heavy atom. The summed E-state index contributed by atoms with van der Waals surface area (Å²) in [4.78, 5) is 12.7. The number of hydrogen-bond acceptors (Lipinski definition) is 4. The molecule has 1 N–H and O–H groups in total. The molecule has 1 rings (SSSR count). The third-order valence-electron chi connectivity index (χ3n) is 4.42. The summed E-state index contributed by atoms with van der Waals surface area (Å²) in [5.74, 6) is -0.174. The second-order valence-corrected chi connectivity index (χ2v) is 9.41. The largest absolute Gasteiger partial charge is 0.435 e. The van der Waals surface area contributed by atoms with Crippen LogP contribution in [0.2, 0.25) is 0 Å². The van der Waals surface area contributed by atoms with Crippen LogP contribution in [0.1, 0.15) is 86.5 Å². The third kappa shape index (κ3) is 10.8. The van der Waals surface area contributed by atoms with Crippen LogP contribution >= 0.6 is 9.24 Å². The Morgan fingerprint density at radius 3 is 2.12 bits per heavy atom. The first-order valence-electron chi connectivity index (χ1n) is 10.3. The van der Waals surface area contributed by atoms with Crippen molar-refractivity contribution >= 4 is 15.2 Å². The van der Waals surface area contributed by atoms with Crippen LogP contribution in [0, 0.1) is 10.8 Å². The maximum Gasteiger partial charge on any atom is 0.315 e. The van der Waals surface area contributed by atoms with E-state index in [1.54, 1.807) is 0 Å². The summed E-state index contributed by atoms with van der Waals surface area (Å²) < 4.78 is 12.0. The van der Waals surface area contributed by atoms with Crippen molar-refractivity contribution in [3.05, 3.63) is 0 Å². The van der Waals surface area contributed by atoms with Crippen LogP contribution in [0.3, 0.4) is 0 Å². The van der Waals surface area contributed by atoms with Crippen LogP contribution in [-0.4, -0.2) is 38.1 Å². The van der Waals surface area contributed by atoms with Gasteiger partial charge in [-0.05, 0) is 38.4 Å². The molecule has 3 atom stereocenters. The zero-order chi connectivity index (χ0) is 20.2. The molecule has 1 saturated carbocycles. The van der Waals surface area contributed by atoms with Gasteiger partial charge in [-0.2, -0.15) is 0 Å². The highest BCUT2D eigenvalue weighted by atomic mass is 31.0. The van der Waals surface area contributed by atoms with Crippen LogP contribution < -0.4 is 5.32 Å². The van der Waals surface area contributed by atoms with Gasteiger partial charge in [0.25, 0.3) is 0 Å². The molecule has 0 spiro atoms. The molecule has 5 heteroatoms. The Hall–Kier alpha value is -0.180. The van der Waals surface area contributed by atoms with Gasteiger partial charge in [-0.25, -0.2) is 0 Å². The lowest BCUT2D eigenvalue weighted by atomic mass is 9.91. The Kier molecular flexibility index (Phi) is 13.0. The van der Waals surface area contributed by atoms with Crippen molar-refractivity contribution < 1.29 is 14.3 Å². The molecule has 0 aliphatic heterocycles. The first-order chi connectivity index (χ1) is 12.1. The fraction of sp³-hybridized carbons (Fsp3) is 0.952. The van der Waals surface area contributed by atoms with E-state index in [0.717, 1.165) is 19.3 Å². The van der Waals surface area contributed by atoms with Gasteiger partial charge in [0.05, 0.1) is 11.5 Å². The average Bonchev–Trinajstić information content (AvgIpc) is 2.55. The summed E-state index contributed by atoms with van der Waals surface area (Å²) in [5.41, 5.74) is -0.481. The van der Waals surface area contributed by atoms with Crippen LogP contribution in [0.15, 0.2) is 0 Å². The summed E-state index contributed by atoms with van der Waals surface area (Å²) in [7, 11) is 4.51. The van der Waals surface area contributed by atoms with E-state index in [1.165, 1.54) is 25.7 Å². The molecular formula is C21H44NO3P. The summed E-state index contributed by atoms with van der Waals surface area (Å²) >= 11 is 0. The maximum absolute atomic E-state index is 12.7. The van der Waals surface area contributed by atoms with Crippen molar-refractivity contribution in [2.45, 2.75) is 98.9 Å². The molecule has 0 amide bonds. The predicted octanol–water partition coefficient (Wildman–Crippen LogP) is 5.16. The molecule has 1 aliphatic carbocycles. The monoisotopic (exact) mass is 389 g/mol. The van der Waals surface area contributed by atoms with Crippen molar-refractivity contribution in [2.75, 3.05) is 19.8 Å². The first-order valence-corrected chi connectivity index (χ1v) is 11.1. The Morgan fingerprint density at radius 2 is 1.69 bits per heavy atom. The molecule has 0 bridgehead atoms. The van der Waals surface area contributed by atoms with E-state index >= 15 is 0 Å². The molecule has 4 nitrogen and oxygen atoms in total. The van der Waals surface area contributed by atoms with Gasteiger partial charge < -0.3 is 14.8 Å². The number of rotatable bonds is 8. The van der Waals surface area contributed by atoms with Crippen LogP contribution in [0.4, 0.5) is 0 Å². The van der Waals surface area contributed by atoms with Crippen molar-refractivity contribution in [3.63, 3.8) is 0 Å². The number of esters is 1. The van der Waals surface area contributed by atoms with E-state index in [1.807, 2.05) is 14.0 Å². The van der Waals surface area contributed by atoms with E-state index in [2.05, 4.69) is 49.2 Å². The van der Waals surface area contributed by atoms with E-state index in [0.29, 0.717) is 12.7 Å². The Bertz CT molecular complexity index is 378. The maximum atomic E-state index is 12.7. The summed E-state index contributed by atoms with van der Waals surface area (Å²) in [6.07, 6.45) is 8.30. The van der Waals surface area contributed by atoms with Gasteiger partial charge in [-0.1, -0.05) is 60.3 Å². The standard InChI is InChI=1S/C18H36NO3P.C3H8/c1-17(2,3)11-15(21-14-9-7-6-8-10-14)22-16(20)18(4,13-23)12-19-5;1-3-2/h14-15,19H,6-13,23H2,1-5H3;3H2,1-2H3. The van der Waals surface area contributed by atoms with Crippen molar-refractivity contribution in [1.29, 1.82) is 0 Å². The van der Waals surface area contributed by atoms with E-state index in [9.17, 15) is 4.79 Å². The molecular weight excluding hydrogens is 345 g/mol. The molecule has 26 heavy (non-hydrogen) atoms. The van der Waals surface area contributed by atoms with Crippen LogP contribution in [-0.2, 0) is 14.3 Å². The number of carbonyl (C=O) groups excluding carboxylic acids is 1. The van der Waals surface area contributed by atoms with Gasteiger partial charge in [-0.3, -0.25) is 4.79 Å². The van der Waals surface area contributed by atoms with Gasteiger partial charge >= 0.3 is 5.97 Å². The third-order valence-corrected chi connectivity index (χ3v) is 5.33. The normalized spacial score (nSPS) is 19.1. The highest BCUT2D eigenvalue weighted by Crippen LogP contribution is 2.30. The minimum atomic E-state index is -0.536. The molecule has 156 valence electrons. The van der Waals surface area contributed by atoms with Crippen molar-refractivity contribution in [2.24, 2.45) is 10.8 Å². The van der Waals surface area contributed by atoms with E-state index < -0.39 is 11.7 Å².